The lowest BCUT2D eigenvalue weighted by Gasteiger charge is -2.04. The van der Waals surface area contributed by atoms with Gasteiger partial charge in [0.1, 0.15) is 6.33 Å². The van der Waals surface area contributed by atoms with Crippen LogP contribution in [0.4, 0.5) is 0 Å². The summed E-state index contributed by atoms with van der Waals surface area (Å²) in [5, 5.41) is 5.16. The Morgan fingerprint density at radius 1 is 1.14 bits per heavy atom. The van der Waals surface area contributed by atoms with Gasteiger partial charge in [0.15, 0.2) is 0 Å². The van der Waals surface area contributed by atoms with E-state index in [1.54, 1.807) is 29.9 Å². The number of thiazole rings is 1. The van der Waals surface area contributed by atoms with Crippen molar-refractivity contribution < 1.29 is 8.42 Å². The molecule has 0 spiro atoms. The van der Waals surface area contributed by atoms with Gasteiger partial charge in [-0.1, -0.05) is 12.1 Å². The van der Waals surface area contributed by atoms with Crippen LogP contribution in [0.15, 0.2) is 53.3 Å². The van der Waals surface area contributed by atoms with Crippen molar-refractivity contribution in [1.29, 1.82) is 0 Å². The van der Waals surface area contributed by atoms with Crippen LogP contribution in [0.25, 0.3) is 21.8 Å². The lowest BCUT2D eigenvalue weighted by molar-refractivity contribution is 0.598. The van der Waals surface area contributed by atoms with Crippen LogP contribution in [0, 0.1) is 0 Å². The molecule has 0 aliphatic carbocycles. The van der Waals surface area contributed by atoms with Crippen molar-refractivity contribution in [2.24, 2.45) is 5.14 Å². The maximum absolute atomic E-state index is 11.4. The maximum Gasteiger partial charge on any atom is 0.238 e. The molecule has 106 valence electrons. The minimum Gasteiger partial charge on any atom is -0.245 e. The second kappa shape index (κ2) is 5.32. The van der Waals surface area contributed by atoms with E-state index in [1.807, 2.05) is 0 Å². The first-order valence-corrected chi connectivity index (χ1v) is 8.31. The quantitative estimate of drug-likeness (QED) is 0.795. The Kier molecular flexibility index (Phi) is 3.50. The topological polar surface area (TPSA) is 98.8 Å². The van der Waals surface area contributed by atoms with Crippen LogP contribution in [0.3, 0.4) is 0 Å². The third-order valence-corrected chi connectivity index (χ3v) is 4.58. The van der Waals surface area contributed by atoms with E-state index in [0.29, 0.717) is 11.3 Å². The van der Waals surface area contributed by atoms with Crippen molar-refractivity contribution in [2.45, 2.75) is 4.90 Å². The minimum atomic E-state index is -3.74. The largest absolute Gasteiger partial charge is 0.245 e. The average molecular weight is 318 g/mol. The SMILES string of the molecule is NS(=O)(=O)c1cccc(-c2ncsc2-c2ccncn2)c1. The summed E-state index contributed by atoms with van der Waals surface area (Å²) in [5.41, 5.74) is 3.78. The van der Waals surface area contributed by atoms with Crippen LogP contribution in [0.5, 0.6) is 0 Å². The fourth-order valence-electron chi connectivity index (χ4n) is 1.88. The zero-order chi connectivity index (χ0) is 14.9. The summed E-state index contributed by atoms with van der Waals surface area (Å²) < 4.78 is 22.9. The van der Waals surface area contributed by atoms with Crippen LogP contribution in [-0.2, 0) is 10.0 Å². The number of hydrogen-bond donors (Lipinski definition) is 1. The molecule has 2 aromatic heterocycles. The van der Waals surface area contributed by atoms with Gasteiger partial charge in [-0.3, -0.25) is 0 Å². The first-order valence-electron chi connectivity index (χ1n) is 5.89. The molecule has 0 amide bonds. The molecular formula is C13H10N4O2S2. The molecule has 0 unspecified atom stereocenters. The van der Waals surface area contributed by atoms with Crippen LogP contribution in [0.2, 0.25) is 0 Å². The molecule has 3 rings (SSSR count). The van der Waals surface area contributed by atoms with Gasteiger partial charge in [-0.15, -0.1) is 11.3 Å². The normalized spacial score (nSPS) is 11.5. The molecule has 0 radical (unpaired) electrons. The van der Waals surface area contributed by atoms with Crippen molar-refractivity contribution in [2.75, 3.05) is 0 Å². The second-order valence-electron chi connectivity index (χ2n) is 4.20. The molecule has 0 aliphatic rings. The first-order chi connectivity index (χ1) is 10.1. The van der Waals surface area contributed by atoms with Crippen molar-refractivity contribution in [1.82, 2.24) is 15.0 Å². The number of rotatable bonds is 3. The van der Waals surface area contributed by atoms with E-state index in [-0.39, 0.29) is 4.90 Å². The standard InChI is InChI=1S/C13H10N4O2S2/c14-21(18,19)10-3-1-2-9(6-10)12-13(20-8-17-12)11-4-5-15-7-16-11/h1-8H,(H2,14,18,19). The number of benzene rings is 1. The molecule has 2 N–H and O–H groups in total. The van der Waals surface area contributed by atoms with Gasteiger partial charge in [0.2, 0.25) is 10.0 Å². The molecule has 3 aromatic rings. The summed E-state index contributed by atoms with van der Waals surface area (Å²) >= 11 is 1.43. The summed E-state index contributed by atoms with van der Waals surface area (Å²) in [7, 11) is -3.74. The van der Waals surface area contributed by atoms with Crippen molar-refractivity contribution >= 4 is 21.4 Å². The van der Waals surface area contributed by atoms with E-state index in [2.05, 4.69) is 15.0 Å². The Morgan fingerprint density at radius 3 is 2.71 bits per heavy atom. The summed E-state index contributed by atoms with van der Waals surface area (Å²) in [6.45, 7) is 0. The van der Waals surface area contributed by atoms with E-state index in [4.69, 9.17) is 5.14 Å². The van der Waals surface area contributed by atoms with Crippen LogP contribution >= 0.6 is 11.3 Å². The molecule has 2 heterocycles. The molecular weight excluding hydrogens is 308 g/mol. The smallest absolute Gasteiger partial charge is 0.238 e. The molecule has 21 heavy (non-hydrogen) atoms. The number of hydrogen-bond acceptors (Lipinski definition) is 6. The third-order valence-electron chi connectivity index (χ3n) is 2.82. The highest BCUT2D eigenvalue weighted by atomic mass is 32.2. The molecule has 0 saturated carbocycles. The van der Waals surface area contributed by atoms with E-state index in [0.717, 1.165) is 10.6 Å². The molecule has 8 heteroatoms. The Labute approximate surface area is 125 Å². The molecule has 0 atom stereocenters. The zero-order valence-electron chi connectivity index (χ0n) is 10.7. The first kappa shape index (κ1) is 13.8. The van der Waals surface area contributed by atoms with Crippen molar-refractivity contribution in [3.05, 3.63) is 48.4 Å². The molecule has 0 bridgehead atoms. The molecule has 6 nitrogen and oxygen atoms in total. The lowest BCUT2D eigenvalue weighted by Crippen LogP contribution is -2.11. The van der Waals surface area contributed by atoms with Crippen molar-refractivity contribution in [3.8, 4) is 21.8 Å². The van der Waals surface area contributed by atoms with Gasteiger partial charge in [0.25, 0.3) is 0 Å². The van der Waals surface area contributed by atoms with E-state index in [9.17, 15) is 8.42 Å². The molecule has 1 aromatic carbocycles. The fraction of sp³-hybridized carbons (Fsp3) is 0. The third kappa shape index (κ3) is 2.82. The van der Waals surface area contributed by atoms with Gasteiger partial charge in [-0.25, -0.2) is 28.5 Å². The zero-order valence-corrected chi connectivity index (χ0v) is 12.3. The number of aromatic nitrogens is 3. The molecule has 0 aliphatic heterocycles. The molecule has 0 fully saturated rings. The Bertz CT molecular complexity index is 876. The highest BCUT2D eigenvalue weighted by Crippen LogP contribution is 2.33. The Balaban J connectivity index is 2.13. The summed E-state index contributed by atoms with van der Waals surface area (Å²) in [6.07, 6.45) is 3.10. The second-order valence-corrected chi connectivity index (χ2v) is 6.61. The van der Waals surface area contributed by atoms with Gasteiger partial charge in [0.05, 0.1) is 26.7 Å². The highest BCUT2D eigenvalue weighted by Gasteiger charge is 2.14. The lowest BCUT2D eigenvalue weighted by atomic mass is 10.1. The maximum atomic E-state index is 11.4. The average Bonchev–Trinajstić information content (AvgIpc) is 2.97. The number of nitrogens with zero attached hydrogens (tertiary/aromatic N) is 3. The fourth-order valence-corrected chi connectivity index (χ4v) is 3.23. The van der Waals surface area contributed by atoms with Gasteiger partial charge in [0, 0.05) is 11.8 Å². The minimum absolute atomic E-state index is 0.0571. The summed E-state index contributed by atoms with van der Waals surface area (Å²) in [5.74, 6) is 0. The van der Waals surface area contributed by atoms with Crippen molar-refractivity contribution in [3.63, 3.8) is 0 Å². The van der Waals surface area contributed by atoms with E-state index >= 15 is 0 Å². The van der Waals surface area contributed by atoms with Gasteiger partial charge < -0.3 is 0 Å². The predicted molar refractivity (Wildman–Crippen MR) is 79.9 cm³/mol. The Morgan fingerprint density at radius 2 is 2.00 bits per heavy atom. The summed E-state index contributed by atoms with van der Waals surface area (Å²) in [4.78, 5) is 13.3. The van der Waals surface area contributed by atoms with Crippen LogP contribution in [0.1, 0.15) is 0 Å². The molecule has 0 saturated heterocycles. The number of primary sulfonamides is 1. The van der Waals surface area contributed by atoms with Crippen LogP contribution in [-0.4, -0.2) is 23.4 Å². The predicted octanol–water partition coefficient (Wildman–Crippen LogP) is 1.91. The number of nitrogens with two attached hydrogens (primary N) is 1. The van der Waals surface area contributed by atoms with E-state index in [1.165, 1.54) is 29.8 Å². The number of sulfonamides is 1. The van der Waals surface area contributed by atoms with E-state index < -0.39 is 10.0 Å². The van der Waals surface area contributed by atoms with Gasteiger partial charge in [-0.2, -0.15) is 0 Å². The highest BCUT2D eigenvalue weighted by molar-refractivity contribution is 7.89. The monoisotopic (exact) mass is 318 g/mol. The Hall–Kier alpha value is -2.16. The van der Waals surface area contributed by atoms with Gasteiger partial charge >= 0.3 is 0 Å². The van der Waals surface area contributed by atoms with Crippen LogP contribution < -0.4 is 5.14 Å². The summed E-state index contributed by atoms with van der Waals surface area (Å²) in [6, 6.07) is 8.16. The van der Waals surface area contributed by atoms with Gasteiger partial charge in [-0.05, 0) is 18.2 Å².